The minimum Gasteiger partial charge on any atom is -0.490 e. The zero-order valence-corrected chi connectivity index (χ0v) is 21.7. The van der Waals surface area contributed by atoms with E-state index in [0.717, 1.165) is 10.5 Å². The number of anilines is 1. The molecule has 1 saturated heterocycles. The van der Waals surface area contributed by atoms with Crippen LogP contribution in [-0.4, -0.2) is 23.9 Å². The molecule has 0 spiro atoms. The van der Waals surface area contributed by atoms with Gasteiger partial charge in [-0.1, -0.05) is 35.9 Å². The summed E-state index contributed by atoms with van der Waals surface area (Å²) < 4.78 is 12.2. The number of barbiturate groups is 1. The summed E-state index contributed by atoms with van der Waals surface area (Å²) >= 11 is 3.45. The Kier molecular flexibility index (Phi) is 7.55. The van der Waals surface area contributed by atoms with Crippen LogP contribution in [0, 0.1) is 6.92 Å². The van der Waals surface area contributed by atoms with Crippen molar-refractivity contribution in [3.63, 3.8) is 0 Å². The number of hydrogen-bond donors (Lipinski definition) is 1. The lowest BCUT2D eigenvalue weighted by atomic mass is 10.1. The second kappa shape index (κ2) is 10.8. The second-order valence-electron chi connectivity index (χ2n) is 8.58. The van der Waals surface area contributed by atoms with Gasteiger partial charge in [0.15, 0.2) is 0 Å². The van der Waals surface area contributed by atoms with Crippen LogP contribution in [0.5, 0.6) is 11.5 Å². The van der Waals surface area contributed by atoms with Gasteiger partial charge in [0.05, 0.1) is 16.3 Å². The van der Waals surface area contributed by atoms with E-state index in [1.165, 1.54) is 11.6 Å². The Bertz CT molecular complexity index is 1330. The zero-order chi connectivity index (χ0) is 25.8. The molecule has 4 amide bonds. The molecule has 36 heavy (non-hydrogen) atoms. The van der Waals surface area contributed by atoms with E-state index in [9.17, 15) is 14.4 Å². The maximum Gasteiger partial charge on any atom is 0.335 e. The highest BCUT2D eigenvalue weighted by Gasteiger charge is 2.36. The maximum absolute atomic E-state index is 13.2. The van der Waals surface area contributed by atoms with Crippen LogP contribution >= 0.6 is 15.9 Å². The first-order valence-electron chi connectivity index (χ1n) is 11.4. The number of nitrogens with one attached hydrogen (secondary N) is 1. The third-order valence-electron chi connectivity index (χ3n) is 5.35. The van der Waals surface area contributed by atoms with Crippen molar-refractivity contribution in [1.82, 2.24) is 5.32 Å². The quantitative estimate of drug-likeness (QED) is 0.298. The molecule has 0 bridgehead atoms. The van der Waals surface area contributed by atoms with Crippen molar-refractivity contribution in [3.05, 3.63) is 93.5 Å². The molecule has 0 saturated carbocycles. The van der Waals surface area contributed by atoms with Crippen molar-refractivity contribution in [2.75, 3.05) is 4.90 Å². The number of rotatable bonds is 7. The average molecular weight is 549 g/mol. The van der Waals surface area contributed by atoms with Crippen LogP contribution in [0.25, 0.3) is 6.08 Å². The topological polar surface area (TPSA) is 84.9 Å². The SMILES string of the molecule is Cc1ccc(COc2ccc(N3C(=O)NC(=O)/C(=C\c4ccc(OC(C)C)c(Br)c4)C3=O)cc2)cc1. The normalized spacial score (nSPS) is 14.9. The van der Waals surface area contributed by atoms with E-state index in [1.807, 2.05) is 45.0 Å². The Balaban J connectivity index is 1.52. The predicted molar refractivity (Wildman–Crippen MR) is 141 cm³/mol. The lowest BCUT2D eigenvalue weighted by molar-refractivity contribution is -0.122. The Morgan fingerprint density at radius 2 is 1.67 bits per heavy atom. The number of amides is 4. The number of carbonyl (C=O) groups excluding carboxylic acids is 3. The van der Waals surface area contributed by atoms with Gasteiger partial charge in [0, 0.05) is 0 Å². The minimum absolute atomic E-state index is 0.00447. The third-order valence-corrected chi connectivity index (χ3v) is 5.97. The summed E-state index contributed by atoms with van der Waals surface area (Å²) in [5.41, 5.74) is 2.97. The molecule has 0 aromatic heterocycles. The summed E-state index contributed by atoms with van der Waals surface area (Å²) in [5.74, 6) is -0.230. The lowest BCUT2D eigenvalue weighted by Gasteiger charge is -2.26. The lowest BCUT2D eigenvalue weighted by Crippen LogP contribution is -2.54. The largest absolute Gasteiger partial charge is 0.490 e. The van der Waals surface area contributed by atoms with Crippen molar-refractivity contribution in [1.29, 1.82) is 0 Å². The molecule has 0 aliphatic carbocycles. The molecule has 1 aliphatic rings. The molecule has 0 atom stereocenters. The van der Waals surface area contributed by atoms with Crippen molar-refractivity contribution >= 4 is 45.5 Å². The standard InChI is InChI=1S/C28H25BrN2O5/c1-17(2)36-25-13-8-20(15-24(25)29)14-23-26(32)30-28(34)31(27(23)33)21-9-11-22(12-10-21)35-16-19-6-4-18(3)5-7-19/h4-15,17H,16H2,1-3H3,(H,30,32,34)/b23-14+. The molecule has 1 heterocycles. The fraction of sp³-hybridized carbons (Fsp3) is 0.179. The average Bonchev–Trinajstić information content (AvgIpc) is 2.83. The molecule has 3 aromatic carbocycles. The number of hydrogen-bond acceptors (Lipinski definition) is 5. The van der Waals surface area contributed by atoms with Gasteiger partial charge in [-0.05, 0) is 90.3 Å². The van der Waals surface area contributed by atoms with Crippen LogP contribution < -0.4 is 19.7 Å². The first-order valence-corrected chi connectivity index (χ1v) is 12.2. The molecule has 8 heteroatoms. The van der Waals surface area contributed by atoms with E-state index in [1.54, 1.807) is 42.5 Å². The highest BCUT2D eigenvalue weighted by atomic mass is 79.9. The van der Waals surface area contributed by atoms with Crippen molar-refractivity contribution in [3.8, 4) is 11.5 Å². The summed E-state index contributed by atoms with van der Waals surface area (Å²) in [7, 11) is 0. The number of carbonyl (C=O) groups is 3. The molecule has 184 valence electrons. The molecule has 7 nitrogen and oxygen atoms in total. The highest BCUT2D eigenvalue weighted by Crippen LogP contribution is 2.29. The fourth-order valence-electron chi connectivity index (χ4n) is 3.56. The first kappa shape index (κ1) is 25.2. The number of halogens is 1. The van der Waals surface area contributed by atoms with Gasteiger partial charge in [-0.25, -0.2) is 9.69 Å². The van der Waals surface area contributed by atoms with Gasteiger partial charge in [-0.3, -0.25) is 14.9 Å². The first-order chi connectivity index (χ1) is 17.2. The highest BCUT2D eigenvalue weighted by molar-refractivity contribution is 9.10. The van der Waals surface area contributed by atoms with Gasteiger partial charge in [0.1, 0.15) is 23.7 Å². The van der Waals surface area contributed by atoms with Gasteiger partial charge in [0.25, 0.3) is 11.8 Å². The molecule has 3 aromatic rings. The van der Waals surface area contributed by atoms with Crippen LogP contribution in [-0.2, 0) is 16.2 Å². The van der Waals surface area contributed by atoms with Gasteiger partial charge in [-0.2, -0.15) is 0 Å². The molecule has 1 N–H and O–H groups in total. The molecular formula is C28H25BrN2O5. The number of aryl methyl sites for hydroxylation is 1. The van der Waals surface area contributed by atoms with Gasteiger partial charge in [-0.15, -0.1) is 0 Å². The second-order valence-corrected chi connectivity index (χ2v) is 9.44. The summed E-state index contributed by atoms with van der Waals surface area (Å²) in [4.78, 5) is 39.1. The van der Waals surface area contributed by atoms with E-state index >= 15 is 0 Å². The molecule has 1 fully saturated rings. The number of nitrogens with zero attached hydrogens (tertiary/aromatic N) is 1. The Labute approximate surface area is 217 Å². The summed E-state index contributed by atoms with van der Waals surface area (Å²) in [6.07, 6.45) is 1.44. The van der Waals surface area contributed by atoms with E-state index < -0.39 is 17.8 Å². The monoisotopic (exact) mass is 548 g/mol. The molecule has 0 radical (unpaired) electrons. The smallest absolute Gasteiger partial charge is 0.335 e. The molecular weight excluding hydrogens is 524 g/mol. The van der Waals surface area contributed by atoms with Gasteiger partial charge >= 0.3 is 6.03 Å². The van der Waals surface area contributed by atoms with Gasteiger partial charge in [0.2, 0.25) is 0 Å². The third kappa shape index (κ3) is 5.83. The van der Waals surface area contributed by atoms with E-state index in [4.69, 9.17) is 9.47 Å². The van der Waals surface area contributed by atoms with Crippen molar-refractivity contribution < 1.29 is 23.9 Å². The Morgan fingerprint density at radius 3 is 2.31 bits per heavy atom. The zero-order valence-electron chi connectivity index (χ0n) is 20.1. The number of ether oxygens (including phenoxy) is 2. The number of imide groups is 2. The number of benzene rings is 3. The summed E-state index contributed by atoms with van der Waals surface area (Å²) in [6, 6.07) is 19.0. The summed E-state index contributed by atoms with van der Waals surface area (Å²) in [6.45, 7) is 6.25. The predicted octanol–water partition coefficient (Wildman–Crippen LogP) is 5.79. The number of urea groups is 1. The van der Waals surface area contributed by atoms with E-state index in [-0.39, 0.29) is 11.7 Å². The fourth-order valence-corrected chi connectivity index (χ4v) is 4.05. The molecule has 0 unspecified atom stereocenters. The maximum atomic E-state index is 13.2. The van der Waals surface area contributed by atoms with Crippen LogP contribution in [0.4, 0.5) is 10.5 Å². The Morgan fingerprint density at radius 1 is 0.972 bits per heavy atom. The Hall–Kier alpha value is -3.91. The van der Waals surface area contributed by atoms with Crippen LogP contribution in [0.2, 0.25) is 0 Å². The van der Waals surface area contributed by atoms with E-state index in [2.05, 4.69) is 21.2 Å². The molecule has 4 rings (SSSR count). The molecule has 1 aliphatic heterocycles. The van der Waals surface area contributed by atoms with Crippen molar-refractivity contribution in [2.45, 2.75) is 33.5 Å². The summed E-state index contributed by atoms with van der Waals surface area (Å²) in [5, 5.41) is 2.24. The minimum atomic E-state index is -0.808. The van der Waals surface area contributed by atoms with Crippen LogP contribution in [0.15, 0.2) is 76.8 Å². The van der Waals surface area contributed by atoms with Crippen molar-refractivity contribution in [2.24, 2.45) is 0 Å². The van der Waals surface area contributed by atoms with E-state index in [0.29, 0.717) is 33.8 Å². The van der Waals surface area contributed by atoms with Gasteiger partial charge < -0.3 is 9.47 Å². The van der Waals surface area contributed by atoms with Crippen LogP contribution in [0.3, 0.4) is 0 Å². The van der Waals surface area contributed by atoms with Crippen LogP contribution in [0.1, 0.15) is 30.5 Å².